The number of halogens is 1. The third-order valence-electron chi connectivity index (χ3n) is 4.27. The molecule has 0 saturated heterocycles. The third-order valence-corrected chi connectivity index (χ3v) is 4.76. The van der Waals surface area contributed by atoms with Crippen LogP contribution in [0.3, 0.4) is 0 Å². The van der Waals surface area contributed by atoms with Crippen molar-refractivity contribution in [3.8, 4) is 11.5 Å². The van der Waals surface area contributed by atoms with Crippen LogP contribution in [-0.4, -0.2) is 20.8 Å². The molecule has 0 heterocycles. The molecule has 1 aliphatic carbocycles. The first-order valence-electron chi connectivity index (χ1n) is 6.71. The van der Waals surface area contributed by atoms with E-state index in [-0.39, 0.29) is 5.41 Å². The van der Waals surface area contributed by atoms with Crippen LogP contribution in [0.5, 0.6) is 11.5 Å². The second-order valence-electron chi connectivity index (χ2n) is 5.31. The maximum atomic E-state index is 6.56. The van der Waals surface area contributed by atoms with Crippen molar-refractivity contribution < 1.29 is 9.47 Å². The summed E-state index contributed by atoms with van der Waals surface area (Å²) >= 11 is 6.56. The zero-order valence-electron chi connectivity index (χ0n) is 11.9. The van der Waals surface area contributed by atoms with Crippen molar-refractivity contribution in [1.29, 1.82) is 0 Å². The van der Waals surface area contributed by atoms with E-state index in [4.69, 9.17) is 26.8 Å². The molecule has 0 spiro atoms. The highest BCUT2D eigenvalue weighted by molar-refractivity contribution is 6.32. The zero-order chi connectivity index (χ0) is 14.0. The lowest BCUT2D eigenvalue weighted by atomic mass is 9.77. The molecule has 0 unspecified atom stereocenters. The Balaban J connectivity index is 2.69. The molecule has 2 rings (SSSR count). The van der Waals surface area contributed by atoms with Gasteiger partial charge in [-0.15, -0.1) is 0 Å². The summed E-state index contributed by atoms with van der Waals surface area (Å²) in [7, 11) is 3.31. The third kappa shape index (κ3) is 2.30. The van der Waals surface area contributed by atoms with Crippen LogP contribution in [0.1, 0.15) is 36.8 Å². The Kier molecular flexibility index (Phi) is 4.26. The van der Waals surface area contributed by atoms with Crippen molar-refractivity contribution in [2.24, 2.45) is 5.73 Å². The molecule has 0 amide bonds. The zero-order valence-corrected chi connectivity index (χ0v) is 12.6. The molecule has 1 aromatic rings. The minimum absolute atomic E-state index is 0.0677. The van der Waals surface area contributed by atoms with Gasteiger partial charge in [0.05, 0.1) is 19.2 Å². The highest BCUT2D eigenvalue weighted by atomic mass is 35.5. The van der Waals surface area contributed by atoms with Gasteiger partial charge >= 0.3 is 0 Å². The molecule has 4 heteroatoms. The van der Waals surface area contributed by atoms with E-state index in [9.17, 15) is 0 Å². The fourth-order valence-corrected chi connectivity index (χ4v) is 3.52. The van der Waals surface area contributed by atoms with Gasteiger partial charge in [-0.1, -0.05) is 24.4 Å². The second-order valence-corrected chi connectivity index (χ2v) is 5.69. The molecule has 0 bridgehead atoms. The summed E-state index contributed by atoms with van der Waals surface area (Å²) in [6.45, 7) is 2.59. The minimum atomic E-state index is -0.0677. The van der Waals surface area contributed by atoms with Gasteiger partial charge in [-0.2, -0.15) is 0 Å². The van der Waals surface area contributed by atoms with Crippen molar-refractivity contribution in [3.05, 3.63) is 22.2 Å². The standard InChI is InChI=1S/C15H22ClNO2/c1-10-8-11(18-2)14(19-3)12(13(10)16)15(9-17)6-4-5-7-15/h8H,4-7,9,17H2,1-3H3. The van der Waals surface area contributed by atoms with Gasteiger partial charge in [0.2, 0.25) is 0 Å². The molecule has 1 aromatic carbocycles. The fraction of sp³-hybridized carbons (Fsp3) is 0.600. The second kappa shape index (κ2) is 5.59. The maximum Gasteiger partial charge on any atom is 0.166 e. The number of methoxy groups -OCH3 is 2. The number of benzene rings is 1. The number of nitrogens with two attached hydrogens (primary N) is 1. The number of rotatable bonds is 4. The molecule has 106 valence electrons. The van der Waals surface area contributed by atoms with Gasteiger partial charge in [-0.3, -0.25) is 0 Å². The van der Waals surface area contributed by atoms with Gasteiger partial charge < -0.3 is 15.2 Å². The predicted octanol–water partition coefficient (Wildman–Crippen LogP) is 3.44. The van der Waals surface area contributed by atoms with Gasteiger partial charge in [0.1, 0.15) is 0 Å². The molecule has 1 fully saturated rings. The Morgan fingerprint density at radius 2 is 1.89 bits per heavy atom. The Morgan fingerprint density at radius 3 is 2.37 bits per heavy atom. The monoisotopic (exact) mass is 283 g/mol. The summed E-state index contributed by atoms with van der Waals surface area (Å²) in [5, 5.41) is 0.769. The molecular formula is C15H22ClNO2. The summed E-state index contributed by atoms with van der Waals surface area (Å²) < 4.78 is 11.0. The van der Waals surface area contributed by atoms with Crippen LogP contribution in [0.2, 0.25) is 5.02 Å². The topological polar surface area (TPSA) is 44.5 Å². The van der Waals surface area contributed by atoms with Crippen molar-refractivity contribution in [2.75, 3.05) is 20.8 Å². The highest BCUT2D eigenvalue weighted by Gasteiger charge is 2.39. The molecule has 3 nitrogen and oxygen atoms in total. The number of ether oxygens (including phenoxy) is 2. The van der Waals surface area contributed by atoms with E-state index in [0.717, 1.165) is 40.5 Å². The highest BCUT2D eigenvalue weighted by Crippen LogP contribution is 2.51. The van der Waals surface area contributed by atoms with E-state index in [1.165, 1.54) is 12.8 Å². The first kappa shape index (κ1) is 14.5. The first-order chi connectivity index (χ1) is 9.09. The van der Waals surface area contributed by atoms with E-state index < -0.39 is 0 Å². The average molecular weight is 284 g/mol. The smallest absolute Gasteiger partial charge is 0.166 e. The molecule has 0 atom stereocenters. The van der Waals surface area contributed by atoms with Crippen LogP contribution in [0.25, 0.3) is 0 Å². The van der Waals surface area contributed by atoms with Crippen molar-refractivity contribution >= 4 is 11.6 Å². The van der Waals surface area contributed by atoms with Crippen LogP contribution in [0.15, 0.2) is 6.07 Å². The van der Waals surface area contributed by atoms with Crippen LogP contribution in [0, 0.1) is 6.92 Å². The molecular weight excluding hydrogens is 262 g/mol. The quantitative estimate of drug-likeness (QED) is 0.921. The summed E-state index contributed by atoms with van der Waals surface area (Å²) in [6, 6.07) is 1.92. The van der Waals surface area contributed by atoms with Crippen molar-refractivity contribution in [2.45, 2.75) is 38.0 Å². The molecule has 1 saturated carbocycles. The van der Waals surface area contributed by atoms with E-state index in [0.29, 0.717) is 6.54 Å². The largest absolute Gasteiger partial charge is 0.493 e. The molecule has 1 aliphatic rings. The van der Waals surface area contributed by atoms with Gasteiger partial charge in [0.25, 0.3) is 0 Å². The lowest BCUT2D eigenvalue weighted by molar-refractivity contribution is 0.336. The predicted molar refractivity (Wildman–Crippen MR) is 78.5 cm³/mol. The molecule has 19 heavy (non-hydrogen) atoms. The lowest BCUT2D eigenvalue weighted by Crippen LogP contribution is -2.33. The fourth-order valence-electron chi connectivity index (χ4n) is 3.18. The Bertz CT molecular complexity index is 468. The number of hydrogen-bond acceptors (Lipinski definition) is 3. The van der Waals surface area contributed by atoms with Gasteiger partial charge in [-0.25, -0.2) is 0 Å². The van der Waals surface area contributed by atoms with Crippen molar-refractivity contribution in [3.63, 3.8) is 0 Å². The first-order valence-corrected chi connectivity index (χ1v) is 7.09. The van der Waals surface area contributed by atoms with Crippen molar-refractivity contribution in [1.82, 2.24) is 0 Å². The molecule has 0 radical (unpaired) electrons. The Labute approximate surface area is 120 Å². The average Bonchev–Trinajstić information content (AvgIpc) is 2.90. The Hall–Kier alpha value is -0.930. The van der Waals surface area contributed by atoms with E-state index in [1.807, 2.05) is 13.0 Å². The van der Waals surface area contributed by atoms with E-state index >= 15 is 0 Å². The van der Waals surface area contributed by atoms with Crippen LogP contribution in [-0.2, 0) is 5.41 Å². The van der Waals surface area contributed by atoms with E-state index in [1.54, 1.807) is 14.2 Å². The van der Waals surface area contributed by atoms with Gasteiger partial charge in [0.15, 0.2) is 11.5 Å². The summed E-state index contributed by atoms with van der Waals surface area (Å²) in [6.07, 6.45) is 4.50. The van der Waals surface area contributed by atoms with Gasteiger partial charge in [0, 0.05) is 17.5 Å². The lowest BCUT2D eigenvalue weighted by Gasteiger charge is -2.31. The Morgan fingerprint density at radius 1 is 1.26 bits per heavy atom. The molecule has 0 aromatic heterocycles. The minimum Gasteiger partial charge on any atom is -0.493 e. The molecule has 0 aliphatic heterocycles. The summed E-state index contributed by atoms with van der Waals surface area (Å²) in [4.78, 5) is 0. The van der Waals surface area contributed by atoms with Crippen LogP contribution >= 0.6 is 11.6 Å². The van der Waals surface area contributed by atoms with Crippen LogP contribution < -0.4 is 15.2 Å². The van der Waals surface area contributed by atoms with Crippen LogP contribution in [0.4, 0.5) is 0 Å². The molecule has 2 N–H and O–H groups in total. The maximum absolute atomic E-state index is 6.56. The summed E-state index contributed by atoms with van der Waals surface area (Å²) in [5.41, 5.74) is 8.06. The van der Waals surface area contributed by atoms with Gasteiger partial charge in [-0.05, 0) is 31.4 Å². The number of hydrogen-bond donors (Lipinski definition) is 1. The summed E-state index contributed by atoms with van der Waals surface area (Å²) in [5.74, 6) is 1.48. The normalized spacial score (nSPS) is 17.5. The van der Waals surface area contributed by atoms with E-state index in [2.05, 4.69) is 0 Å². The number of aryl methyl sites for hydroxylation is 1. The SMILES string of the molecule is COc1cc(C)c(Cl)c(C2(CN)CCCC2)c1OC.